The number of halogens is 3. The quantitative estimate of drug-likeness (QED) is 0.874. The average molecular weight is 318 g/mol. The van der Waals surface area contributed by atoms with Crippen LogP contribution < -0.4 is 10.6 Å². The molecular weight excluding hydrogens is 301 g/mol. The van der Waals surface area contributed by atoms with E-state index in [1.165, 1.54) is 25.6 Å². The van der Waals surface area contributed by atoms with Gasteiger partial charge in [0.1, 0.15) is 6.04 Å². The molecule has 0 saturated carbocycles. The Bertz CT molecular complexity index is 609. The monoisotopic (exact) mass is 318 g/mol. The van der Waals surface area contributed by atoms with Gasteiger partial charge in [-0.1, -0.05) is 0 Å². The third kappa shape index (κ3) is 3.07. The van der Waals surface area contributed by atoms with E-state index >= 15 is 0 Å². The van der Waals surface area contributed by atoms with E-state index < -0.39 is 24.2 Å². The van der Waals surface area contributed by atoms with Gasteiger partial charge in [0, 0.05) is 24.7 Å². The number of carbonyl (C=O) groups is 2. The van der Waals surface area contributed by atoms with Crippen LogP contribution in [0.3, 0.4) is 0 Å². The molecule has 2 heterocycles. The van der Waals surface area contributed by atoms with Crippen LogP contribution in [-0.4, -0.2) is 33.8 Å². The second-order valence-corrected chi connectivity index (χ2v) is 5.35. The second kappa shape index (κ2) is 5.62. The van der Waals surface area contributed by atoms with E-state index in [9.17, 15) is 22.8 Å². The van der Waals surface area contributed by atoms with Gasteiger partial charge in [0.2, 0.25) is 11.8 Å². The fourth-order valence-electron chi connectivity index (χ4n) is 2.58. The van der Waals surface area contributed by atoms with E-state index in [0.717, 1.165) is 0 Å². The van der Waals surface area contributed by atoms with E-state index in [-0.39, 0.29) is 30.0 Å². The Kier molecular flexibility index (Phi) is 4.17. The number of aromatic nitrogens is 2. The lowest BCUT2D eigenvalue weighted by Gasteiger charge is -2.24. The molecule has 1 saturated heterocycles. The lowest BCUT2D eigenvalue weighted by molar-refractivity contribution is -0.164. The Morgan fingerprint density at radius 1 is 1.45 bits per heavy atom. The van der Waals surface area contributed by atoms with Crippen molar-refractivity contribution in [3.63, 3.8) is 0 Å². The maximum absolute atomic E-state index is 13.4. The van der Waals surface area contributed by atoms with Crippen LogP contribution in [0.1, 0.15) is 35.8 Å². The van der Waals surface area contributed by atoms with Crippen LogP contribution in [0, 0.1) is 13.8 Å². The van der Waals surface area contributed by atoms with Crippen LogP contribution >= 0.6 is 0 Å². The molecule has 1 aliphatic heterocycles. The van der Waals surface area contributed by atoms with Crippen molar-refractivity contribution < 1.29 is 22.8 Å². The van der Waals surface area contributed by atoms with Crippen molar-refractivity contribution in [2.75, 3.05) is 0 Å². The van der Waals surface area contributed by atoms with Crippen molar-refractivity contribution >= 4 is 11.8 Å². The van der Waals surface area contributed by atoms with Gasteiger partial charge in [-0.3, -0.25) is 14.3 Å². The molecule has 122 valence electrons. The summed E-state index contributed by atoms with van der Waals surface area (Å²) in [4.78, 5) is 23.1. The first-order valence-electron chi connectivity index (χ1n) is 6.77. The normalized spacial score (nSPS) is 19.9. The van der Waals surface area contributed by atoms with Crippen LogP contribution in [0.15, 0.2) is 0 Å². The molecule has 0 radical (unpaired) electrons. The zero-order valence-corrected chi connectivity index (χ0v) is 12.4. The maximum Gasteiger partial charge on any atom is 0.413 e. The van der Waals surface area contributed by atoms with E-state index in [2.05, 4.69) is 10.4 Å². The highest BCUT2D eigenvalue weighted by molar-refractivity contribution is 5.91. The van der Waals surface area contributed by atoms with Crippen molar-refractivity contribution in [1.82, 2.24) is 20.4 Å². The largest absolute Gasteiger partial charge is 0.413 e. The van der Waals surface area contributed by atoms with Gasteiger partial charge in [-0.25, -0.2) is 0 Å². The minimum atomic E-state index is -4.66. The molecule has 1 aromatic rings. The van der Waals surface area contributed by atoms with Gasteiger partial charge in [0.15, 0.2) is 6.04 Å². The summed E-state index contributed by atoms with van der Waals surface area (Å²) in [5.74, 6) is -1.17. The number of hydrogen-bond acceptors (Lipinski definition) is 3. The highest BCUT2D eigenvalue weighted by atomic mass is 19.4. The molecule has 2 amide bonds. The maximum atomic E-state index is 13.4. The Morgan fingerprint density at radius 2 is 2.09 bits per heavy atom. The van der Waals surface area contributed by atoms with Crippen LogP contribution in [0.25, 0.3) is 0 Å². The minimum Gasteiger partial charge on any atom is -0.344 e. The first-order chi connectivity index (χ1) is 10.1. The SMILES string of the molecule is Cc1nn(C)c(C)c1C(NC(=O)[C@H]1CCC(=O)N1)C(F)(F)F. The summed E-state index contributed by atoms with van der Waals surface area (Å²) in [5.41, 5.74) is 0.473. The molecule has 0 bridgehead atoms. The summed E-state index contributed by atoms with van der Waals surface area (Å²) < 4.78 is 41.4. The number of nitrogens with one attached hydrogen (secondary N) is 2. The zero-order chi connectivity index (χ0) is 16.7. The van der Waals surface area contributed by atoms with Crippen molar-refractivity contribution in [1.29, 1.82) is 0 Å². The number of aryl methyl sites for hydroxylation is 2. The number of carbonyl (C=O) groups excluding carboxylic acids is 2. The predicted molar refractivity (Wildman–Crippen MR) is 70.8 cm³/mol. The van der Waals surface area contributed by atoms with Gasteiger partial charge in [0.05, 0.1) is 5.69 Å². The third-order valence-electron chi connectivity index (χ3n) is 3.78. The van der Waals surface area contributed by atoms with Crippen molar-refractivity contribution in [2.45, 2.75) is 44.9 Å². The van der Waals surface area contributed by atoms with Crippen LogP contribution in [0.2, 0.25) is 0 Å². The zero-order valence-electron chi connectivity index (χ0n) is 12.4. The molecular formula is C13H17F3N4O2. The van der Waals surface area contributed by atoms with Gasteiger partial charge in [-0.15, -0.1) is 0 Å². The van der Waals surface area contributed by atoms with Gasteiger partial charge >= 0.3 is 6.18 Å². The van der Waals surface area contributed by atoms with Crippen molar-refractivity contribution in [3.8, 4) is 0 Å². The fraction of sp³-hybridized carbons (Fsp3) is 0.615. The smallest absolute Gasteiger partial charge is 0.344 e. The van der Waals surface area contributed by atoms with E-state index in [1.54, 1.807) is 0 Å². The van der Waals surface area contributed by atoms with Gasteiger partial charge < -0.3 is 10.6 Å². The summed E-state index contributed by atoms with van der Waals surface area (Å²) in [5, 5.41) is 8.31. The molecule has 22 heavy (non-hydrogen) atoms. The Hall–Kier alpha value is -2.06. The first kappa shape index (κ1) is 16.3. The number of rotatable bonds is 3. The standard InChI is InChI=1S/C13H17F3N4O2/c1-6-10(7(2)20(3)19-6)11(13(14,15)16)18-12(22)8-4-5-9(21)17-8/h8,11H,4-5H2,1-3H3,(H,17,21)(H,18,22)/t8-,11?/m1/s1. The number of hydrogen-bond donors (Lipinski definition) is 2. The molecule has 6 nitrogen and oxygen atoms in total. The predicted octanol–water partition coefficient (Wildman–Crippen LogP) is 1.04. The fourth-order valence-corrected chi connectivity index (χ4v) is 2.58. The molecule has 2 atom stereocenters. The van der Waals surface area contributed by atoms with E-state index in [4.69, 9.17) is 0 Å². The Morgan fingerprint density at radius 3 is 2.50 bits per heavy atom. The highest BCUT2D eigenvalue weighted by Crippen LogP contribution is 2.36. The van der Waals surface area contributed by atoms with Crippen molar-refractivity contribution in [2.24, 2.45) is 7.05 Å². The van der Waals surface area contributed by atoms with E-state index in [1.807, 2.05) is 5.32 Å². The first-order valence-corrected chi connectivity index (χ1v) is 6.77. The van der Waals surface area contributed by atoms with Gasteiger partial charge in [-0.05, 0) is 20.3 Å². The summed E-state index contributed by atoms with van der Waals surface area (Å²) in [6.07, 6.45) is -4.32. The van der Waals surface area contributed by atoms with Gasteiger partial charge in [-0.2, -0.15) is 18.3 Å². The Balaban J connectivity index is 2.28. The summed E-state index contributed by atoms with van der Waals surface area (Å²) in [6, 6.07) is -3.07. The van der Waals surface area contributed by atoms with Crippen LogP contribution in [0.5, 0.6) is 0 Å². The molecule has 2 N–H and O–H groups in total. The molecule has 0 aliphatic carbocycles. The number of nitrogens with zero attached hydrogens (tertiary/aromatic N) is 2. The molecule has 1 unspecified atom stereocenters. The number of alkyl halides is 3. The molecule has 1 fully saturated rings. The van der Waals surface area contributed by atoms with E-state index in [0.29, 0.717) is 5.69 Å². The Labute approximate surface area is 125 Å². The molecule has 9 heteroatoms. The average Bonchev–Trinajstić information content (AvgIpc) is 2.92. The minimum absolute atomic E-state index is 0.0623. The molecule has 1 aromatic heterocycles. The molecule has 2 rings (SSSR count). The van der Waals surface area contributed by atoms with Crippen LogP contribution in [0.4, 0.5) is 13.2 Å². The topological polar surface area (TPSA) is 76.0 Å². The lowest BCUT2D eigenvalue weighted by atomic mass is 10.0. The molecule has 0 spiro atoms. The lowest BCUT2D eigenvalue weighted by Crippen LogP contribution is -2.47. The highest BCUT2D eigenvalue weighted by Gasteiger charge is 2.45. The van der Waals surface area contributed by atoms with Gasteiger partial charge in [0.25, 0.3) is 0 Å². The second-order valence-electron chi connectivity index (χ2n) is 5.35. The number of amides is 2. The molecule has 0 aromatic carbocycles. The summed E-state index contributed by atoms with van der Waals surface area (Å²) in [6.45, 7) is 2.97. The summed E-state index contributed by atoms with van der Waals surface area (Å²) in [7, 11) is 1.54. The van der Waals surface area contributed by atoms with Crippen molar-refractivity contribution in [3.05, 3.63) is 17.0 Å². The summed E-state index contributed by atoms with van der Waals surface area (Å²) >= 11 is 0. The van der Waals surface area contributed by atoms with Crippen LogP contribution in [-0.2, 0) is 16.6 Å². The third-order valence-corrected chi connectivity index (χ3v) is 3.78. The molecule has 1 aliphatic rings.